The van der Waals surface area contributed by atoms with E-state index in [4.69, 9.17) is 4.42 Å². The van der Waals surface area contributed by atoms with E-state index < -0.39 is 11.4 Å². The normalized spacial score (nSPS) is 14.5. The van der Waals surface area contributed by atoms with Crippen molar-refractivity contribution >= 4 is 22.7 Å². The minimum Gasteiger partial charge on any atom is -0.443 e. The van der Waals surface area contributed by atoms with Crippen LogP contribution in [-0.2, 0) is 11.2 Å². The molecule has 0 radical (unpaired) electrons. The van der Waals surface area contributed by atoms with Gasteiger partial charge in [0.2, 0.25) is 5.91 Å². The molecule has 0 unspecified atom stereocenters. The number of aromatic amines is 1. The number of hydrogen-bond acceptors (Lipinski definition) is 4. The van der Waals surface area contributed by atoms with E-state index in [-0.39, 0.29) is 17.5 Å². The summed E-state index contributed by atoms with van der Waals surface area (Å²) in [5, 5.41) is 9.93. The van der Waals surface area contributed by atoms with E-state index in [0.29, 0.717) is 44.7 Å². The molecule has 7 nitrogen and oxygen atoms in total. The molecule has 4 N–H and O–H groups in total. The molecule has 0 spiro atoms. The fraction of sp³-hybridized carbons (Fsp3) is 0.241. The molecule has 2 aromatic heterocycles. The maximum atomic E-state index is 13.7. The number of fused-ring (bicyclic) bond motifs is 1. The van der Waals surface area contributed by atoms with Crippen molar-refractivity contribution in [3.8, 4) is 11.8 Å². The van der Waals surface area contributed by atoms with Crippen LogP contribution in [0.3, 0.4) is 0 Å². The lowest BCUT2D eigenvalue weighted by Crippen LogP contribution is -2.63. The summed E-state index contributed by atoms with van der Waals surface area (Å²) in [5.74, 6) is 5.37. The van der Waals surface area contributed by atoms with Crippen LogP contribution in [0.4, 0.5) is 4.39 Å². The predicted molar refractivity (Wildman–Crippen MR) is 138 cm³/mol. The van der Waals surface area contributed by atoms with Crippen molar-refractivity contribution < 1.29 is 18.4 Å². The van der Waals surface area contributed by atoms with Crippen LogP contribution in [0.15, 0.2) is 71.3 Å². The van der Waals surface area contributed by atoms with E-state index in [9.17, 15) is 14.0 Å². The van der Waals surface area contributed by atoms with Crippen molar-refractivity contribution in [1.82, 2.24) is 20.9 Å². The molecule has 1 aliphatic rings. The third kappa shape index (κ3) is 5.57. The van der Waals surface area contributed by atoms with Crippen LogP contribution < -0.4 is 16.0 Å². The van der Waals surface area contributed by atoms with Gasteiger partial charge in [-0.25, -0.2) is 4.39 Å². The molecule has 3 heterocycles. The number of carbonyl (C=O) groups is 2. The molecule has 188 valence electrons. The molecular weight excluding hydrogens is 471 g/mol. The maximum absolute atomic E-state index is 13.7. The highest BCUT2D eigenvalue weighted by molar-refractivity contribution is 5.97. The van der Waals surface area contributed by atoms with Gasteiger partial charge in [0, 0.05) is 29.2 Å². The summed E-state index contributed by atoms with van der Waals surface area (Å²) >= 11 is 0. The maximum Gasteiger partial charge on any atom is 0.287 e. The van der Waals surface area contributed by atoms with Gasteiger partial charge in [-0.15, -0.1) is 0 Å². The van der Waals surface area contributed by atoms with Crippen LogP contribution in [-0.4, -0.2) is 42.0 Å². The molecule has 1 aliphatic heterocycles. The smallest absolute Gasteiger partial charge is 0.287 e. The second kappa shape index (κ2) is 10.7. The molecule has 0 bridgehead atoms. The highest BCUT2D eigenvalue weighted by Gasteiger charge is 2.41. The van der Waals surface area contributed by atoms with E-state index in [1.807, 2.05) is 36.5 Å². The molecule has 0 aliphatic carbocycles. The lowest BCUT2D eigenvalue weighted by Gasteiger charge is -2.36. The molecule has 2 amide bonds. The summed E-state index contributed by atoms with van der Waals surface area (Å²) in [5.41, 5.74) is 1.54. The molecule has 0 saturated carbocycles. The van der Waals surface area contributed by atoms with Gasteiger partial charge in [-0.2, -0.15) is 0 Å². The average Bonchev–Trinajstić information content (AvgIpc) is 3.56. The third-order valence-corrected chi connectivity index (χ3v) is 6.59. The van der Waals surface area contributed by atoms with Gasteiger partial charge in [0.25, 0.3) is 5.91 Å². The van der Waals surface area contributed by atoms with Crippen LogP contribution >= 0.6 is 0 Å². The van der Waals surface area contributed by atoms with Gasteiger partial charge in [0.05, 0.1) is 0 Å². The number of H-pyrrole nitrogens is 1. The van der Waals surface area contributed by atoms with Crippen LogP contribution in [0.25, 0.3) is 10.9 Å². The lowest BCUT2D eigenvalue weighted by molar-refractivity contribution is -0.128. The number of nitrogens with one attached hydrogen (secondary N) is 4. The molecule has 5 rings (SSSR count). The zero-order valence-electron chi connectivity index (χ0n) is 20.2. The predicted octanol–water partition coefficient (Wildman–Crippen LogP) is 3.51. The van der Waals surface area contributed by atoms with Crippen molar-refractivity contribution in [3.05, 3.63) is 95.3 Å². The molecule has 2 aromatic carbocycles. The summed E-state index contributed by atoms with van der Waals surface area (Å²) in [6.45, 7) is 1.55. The van der Waals surface area contributed by atoms with Gasteiger partial charge in [-0.05, 0) is 86.3 Å². The Morgan fingerprint density at radius 3 is 2.65 bits per heavy atom. The van der Waals surface area contributed by atoms with E-state index in [0.717, 1.165) is 22.0 Å². The molecule has 1 fully saturated rings. The fourth-order valence-corrected chi connectivity index (χ4v) is 4.56. The molecule has 0 atom stereocenters. The lowest BCUT2D eigenvalue weighted by atomic mass is 9.87. The minimum atomic E-state index is -1.06. The molecule has 1 saturated heterocycles. The van der Waals surface area contributed by atoms with Gasteiger partial charge in [-0.1, -0.05) is 24.1 Å². The van der Waals surface area contributed by atoms with Gasteiger partial charge < -0.3 is 25.4 Å². The number of hydrogen-bond donors (Lipinski definition) is 4. The Kier molecular flexibility index (Phi) is 7.06. The van der Waals surface area contributed by atoms with Gasteiger partial charge in [-0.3, -0.25) is 9.59 Å². The van der Waals surface area contributed by atoms with E-state index in [1.165, 1.54) is 12.1 Å². The summed E-state index contributed by atoms with van der Waals surface area (Å²) in [7, 11) is 0. The highest BCUT2D eigenvalue weighted by atomic mass is 19.1. The summed E-state index contributed by atoms with van der Waals surface area (Å²) in [6.07, 6.45) is 3.25. The number of aromatic nitrogens is 1. The van der Waals surface area contributed by atoms with Crippen molar-refractivity contribution in [2.75, 3.05) is 19.6 Å². The Hall–Kier alpha value is -4.35. The first-order valence-corrected chi connectivity index (χ1v) is 12.3. The number of furan rings is 1. The Balaban J connectivity index is 1.24. The summed E-state index contributed by atoms with van der Waals surface area (Å²) < 4.78 is 19.3. The summed E-state index contributed by atoms with van der Waals surface area (Å²) in [6, 6.07) is 17.3. The van der Waals surface area contributed by atoms with E-state index >= 15 is 0 Å². The molecule has 4 aromatic rings. The second-order valence-electron chi connectivity index (χ2n) is 9.08. The molecule has 37 heavy (non-hydrogen) atoms. The van der Waals surface area contributed by atoms with E-state index in [2.05, 4.69) is 32.8 Å². The standard InChI is InChI=1S/C29H27FN4O3/c30-22-7-10-25-24(18-22)21(19-33-25)12-15-32-28(36)29(13-16-31-17-14-29)34-27(35)26-11-9-23(37-26)8-6-20-4-2-1-3-5-20/h1-5,7,9-11,18-19,31,33H,12-17H2,(H,32,36)(H,34,35). The van der Waals surface area contributed by atoms with Crippen LogP contribution in [0.1, 0.15) is 40.3 Å². The Labute approximate surface area is 213 Å². The van der Waals surface area contributed by atoms with E-state index in [1.54, 1.807) is 18.2 Å². The number of carbonyl (C=O) groups excluding carboxylic acids is 2. The Morgan fingerprint density at radius 1 is 1.03 bits per heavy atom. The SMILES string of the molecule is O=C(NC1(C(=O)NCCc2c[nH]c3ccc(F)cc23)CCNCC1)c1ccc(C#Cc2ccccc2)o1. The number of benzene rings is 2. The van der Waals surface area contributed by atoms with Gasteiger partial charge >= 0.3 is 0 Å². The van der Waals surface area contributed by atoms with Crippen LogP contribution in [0.5, 0.6) is 0 Å². The second-order valence-corrected chi connectivity index (χ2v) is 9.08. The monoisotopic (exact) mass is 498 g/mol. The molecular formula is C29H27FN4O3. The topological polar surface area (TPSA) is 99.2 Å². The van der Waals surface area contributed by atoms with Crippen molar-refractivity contribution in [3.63, 3.8) is 0 Å². The fourth-order valence-electron chi connectivity index (χ4n) is 4.56. The largest absolute Gasteiger partial charge is 0.443 e. The first kappa shape index (κ1) is 24.3. The number of amides is 2. The van der Waals surface area contributed by atoms with Crippen molar-refractivity contribution in [1.29, 1.82) is 0 Å². The summed E-state index contributed by atoms with van der Waals surface area (Å²) in [4.78, 5) is 29.5. The van der Waals surface area contributed by atoms with Crippen molar-refractivity contribution in [2.24, 2.45) is 0 Å². The Bertz CT molecular complexity index is 1470. The molecule has 8 heteroatoms. The quantitative estimate of drug-likeness (QED) is 0.306. The Morgan fingerprint density at radius 2 is 1.84 bits per heavy atom. The minimum absolute atomic E-state index is 0.101. The zero-order chi connectivity index (χ0) is 25.7. The van der Waals surface area contributed by atoms with Crippen molar-refractivity contribution in [2.45, 2.75) is 24.8 Å². The van der Waals surface area contributed by atoms with Crippen LogP contribution in [0, 0.1) is 17.7 Å². The first-order valence-electron chi connectivity index (χ1n) is 12.3. The number of halogens is 1. The zero-order valence-corrected chi connectivity index (χ0v) is 20.2. The average molecular weight is 499 g/mol. The third-order valence-electron chi connectivity index (χ3n) is 6.59. The number of piperidine rings is 1. The first-order chi connectivity index (χ1) is 18.0. The number of rotatable bonds is 6. The van der Waals surface area contributed by atoms with Crippen LogP contribution in [0.2, 0.25) is 0 Å². The highest BCUT2D eigenvalue weighted by Crippen LogP contribution is 2.22. The van der Waals surface area contributed by atoms with Gasteiger partial charge in [0.1, 0.15) is 11.4 Å². The van der Waals surface area contributed by atoms with Gasteiger partial charge in [0.15, 0.2) is 11.5 Å².